The monoisotopic (exact) mass is 572 g/mol. The minimum absolute atomic E-state index is 0.00287. The Morgan fingerprint density at radius 3 is 2.17 bits per heavy atom. The quantitative estimate of drug-likeness (QED) is 0.241. The van der Waals surface area contributed by atoms with Crippen molar-refractivity contribution in [2.75, 3.05) is 47.7 Å². The van der Waals surface area contributed by atoms with Crippen molar-refractivity contribution in [1.82, 2.24) is 5.32 Å². The topological polar surface area (TPSA) is 145 Å². The van der Waals surface area contributed by atoms with Crippen molar-refractivity contribution in [2.24, 2.45) is 23.5 Å². The standard InChI is InChI=1S/C30H40N2O9/c1-18(2)28(31)29(34)32-16-27(33)40-11-10-39-24-9-7-20(15-26(24)38-5)13-22-21(17-41-30(22)35)12-19-6-8-23(36-3)25(14-19)37-4/h6-9,14-15,18,21-22,28H,10-13,16-17,31H2,1-5H3,(H,32,34)/t21?,22?,28-/m0/s1. The first kappa shape index (κ1) is 31.5. The number of hydrogen-bond acceptors (Lipinski definition) is 10. The number of cyclic esters (lactones) is 1. The maximum atomic E-state index is 12.6. The van der Waals surface area contributed by atoms with Crippen molar-refractivity contribution in [1.29, 1.82) is 0 Å². The highest BCUT2D eigenvalue weighted by molar-refractivity contribution is 5.85. The summed E-state index contributed by atoms with van der Waals surface area (Å²) in [6.07, 6.45) is 1.14. The number of amides is 1. The Hall–Kier alpha value is -3.99. The molecule has 1 aliphatic rings. The van der Waals surface area contributed by atoms with Crippen LogP contribution < -0.4 is 30.0 Å². The second kappa shape index (κ2) is 15.1. The van der Waals surface area contributed by atoms with Crippen molar-refractivity contribution in [3.63, 3.8) is 0 Å². The Morgan fingerprint density at radius 2 is 1.54 bits per heavy atom. The van der Waals surface area contributed by atoms with Gasteiger partial charge in [0.2, 0.25) is 5.91 Å². The molecule has 2 aromatic rings. The summed E-state index contributed by atoms with van der Waals surface area (Å²) in [4.78, 5) is 36.4. The number of carbonyl (C=O) groups is 3. The van der Waals surface area contributed by atoms with E-state index >= 15 is 0 Å². The summed E-state index contributed by atoms with van der Waals surface area (Å²) >= 11 is 0. The van der Waals surface area contributed by atoms with Gasteiger partial charge in [-0.15, -0.1) is 0 Å². The molecule has 224 valence electrons. The van der Waals surface area contributed by atoms with E-state index < -0.39 is 17.9 Å². The molecular weight excluding hydrogens is 532 g/mol. The smallest absolute Gasteiger partial charge is 0.325 e. The molecule has 1 aliphatic heterocycles. The van der Waals surface area contributed by atoms with E-state index in [0.717, 1.165) is 11.1 Å². The number of esters is 2. The minimum atomic E-state index is -0.690. The average Bonchev–Trinajstić information content (AvgIpc) is 3.31. The molecule has 41 heavy (non-hydrogen) atoms. The fourth-order valence-electron chi connectivity index (χ4n) is 4.52. The molecule has 11 heteroatoms. The van der Waals surface area contributed by atoms with Gasteiger partial charge >= 0.3 is 11.9 Å². The SMILES string of the molecule is COc1ccc(CC2COC(=O)C2Cc2ccc(OCCOC(=O)CNC(=O)[C@@H](N)C(C)C)c(OC)c2)cc1OC. The van der Waals surface area contributed by atoms with Crippen LogP contribution in [-0.2, 0) is 36.7 Å². The number of nitrogens with two attached hydrogens (primary N) is 1. The van der Waals surface area contributed by atoms with Gasteiger partial charge in [-0.1, -0.05) is 26.0 Å². The molecule has 0 spiro atoms. The van der Waals surface area contributed by atoms with Gasteiger partial charge in [-0.25, -0.2) is 0 Å². The Kier molecular flexibility index (Phi) is 11.6. The molecule has 1 heterocycles. The molecule has 1 saturated heterocycles. The van der Waals surface area contributed by atoms with Crippen LogP contribution >= 0.6 is 0 Å². The molecule has 0 saturated carbocycles. The van der Waals surface area contributed by atoms with Crippen molar-refractivity contribution < 1.29 is 42.8 Å². The predicted molar refractivity (Wildman–Crippen MR) is 150 cm³/mol. The normalized spacial score (nSPS) is 17.0. The first-order chi connectivity index (χ1) is 19.7. The van der Waals surface area contributed by atoms with Crippen LogP contribution in [-0.4, -0.2) is 71.6 Å². The summed E-state index contributed by atoms with van der Waals surface area (Å²) in [5, 5.41) is 2.46. The largest absolute Gasteiger partial charge is 0.493 e. The number of ether oxygens (including phenoxy) is 6. The Bertz CT molecular complexity index is 1200. The van der Waals surface area contributed by atoms with Gasteiger partial charge in [0.05, 0.1) is 39.9 Å². The third kappa shape index (κ3) is 8.75. The lowest BCUT2D eigenvalue weighted by atomic mass is 9.85. The zero-order valence-corrected chi connectivity index (χ0v) is 24.3. The second-order valence-corrected chi connectivity index (χ2v) is 10.1. The lowest BCUT2D eigenvalue weighted by molar-refractivity contribution is -0.144. The third-order valence-corrected chi connectivity index (χ3v) is 6.97. The van der Waals surface area contributed by atoms with E-state index in [9.17, 15) is 14.4 Å². The molecule has 1 fully saturated rings. The summed E-state index contributed by atoms with van der Waals surface area (Å²) < 4.78 is 32.5. The first-order valence-corrected chi connectivity index (χ1v) is 13.5. The maximum Gasteiger partial charge on any atom is 0.325 e. The van der Waals surface area contributed by atoms with Crippen LogP contribution in [0.5, 0.6) is 23.0 Å². The molecule has 0 aromatic heterocycles. The zero-order valence-electron chi connectivity index (χ0n) is 24.3. The van der Waals surface area contributed by atoms with Crippen LogP contribution in [0, 0.1) is 17.8 Å². The number of benzene rings is 2. The van der Waals surface area contributed by atoms with E-state index in [1.807, 2.05) is 44.2 Å². The lowest BCUT2D eigenvalue weighted by Crippen LogP contribution is -2.45. The zero-order chi connectivity index (χ0) is 29.9. The summed E-state index contributed by atoms with van der Waals surface area (Å²) in [6.45, 7) is 3.80. The van der Waals surface area contributed by atoms with Crippen molar-refractivity contribution in [3.05, 3.63) is 47.5 Å². The minimum Gasteiger partial charge on any atom is -0.493 e. The molecule has 2 unspecified atom stereocenters. The summed E-state index contributed by atoms with van der Waals surface area (Å²) in [5.74, 6) is 0.679. The molecule has 0 bridgehead atoms. The van der Waals surface area contributed by atoms with Gasteiger partial charge < -0.3 is 39.5 Å². The van der Waals surface area contributed by atoms with Crippen LogP contribution in [0.2, 0.25) is 0 Å². The van der Waals surface area contributed by atoms with Crippen LogP contribution in [0.3, 0.4) is 0 Å². The van der Waals surface area contributed by atoms with Gasteiger partial charge in [0, 0.05) is 5.92 Å². The Labute approximate surface area is 240 Å². The first-order valence-electron chi connectivity index (χ1n) is 13.5. The maximum absolute atomic E-state index is 12.6. The van der Waals surface area contributed by atoms with Crippen LogP contribution in [0.4, 0.5) is 0 Å². The van der Waals surface area contributed by atoms with Gasteiger partial charge in [-0.3, -0.25) is 14.4 Å². The molecule has 3 atom stereocenters. The summed E-state index contributed by atoms with van der Waals surface area (Å²) in [6, 6.07) is 10.5. The van der Waals surface area contributed by atoms with Crippen molar-refractivity contribution >= 4 is 17.8 Å². The van der Waals surface area contributed by atoms with Gasteiger partial charge in [0.1, 0.15) is 19.8 Å². The average molecular weight is 573 g/mol. The fraction of sp³-hybridized carbons (Fsp3) is 0.500. The predicted octanol–water partition coefficient (Wildman–Crippen LogP) is 2.31. The summed E-state index contributed by atoms with van der Waals surface area (Å²) in [7, 11) is 4.71. The fourth-order valence-corrected chi connectivity index (χ4v) is 4.52. The molecular formula is C30H40N2O9. The van der Waals surface area contributed by atoms with E-state index in [1.165, 1.54) is 7.11 Å². The van der Waals surface area contributed by atoms with E-state index in [1.54, 1.807) is 20.3 Å². The van der Waals surface area contributed by atoms with Gasteiger partial charge in [0.25, 0.3) is 0 Å². The van der Waals surface area contributed by atoms with E-state index in [-0.39, 0.29) is 43.5 Å². The molecule has 0 aliphatic carbocycles. The van der Waals surface area contributed by atoms with E-state index in [2.05, 4.69) is 5.32 Å². The van der Waals surface area contributed by atoms with Crippen molar-refractivity contribution in [3.8, 4) is 23.0 Å². The highest BCUT2D eigenvalue weighted by atomic mass is 16.6. The van der Waals surface area contributed by atoms with E-state index in [0.29, 0.717) is 42.4 Å². The molecule has 1 amide bonds. The van der Waals surface area contributed by atoms with Crippen molar-refractivity contribution in [2.45, 2.75) is 32.7 Å². The number of nitrogens with one attached hydrogen (secondary N) is 1. The number of rotatable bonds is 15. The molecule has 0 radical (unpaired) electrons. The number of hydrogen-bond donors (Lipinski definition) is 2. The second-order valence-electron chi connectivity index (χ2n) is 10.1. The Balaban J connectivity index is 1.52. The number of carbonyl (C=O) groups excluding carboxylic acids is 3. The molecule has 11 nitrogen and oxygen atoms in total. The van der Waals surface area contributed by atoms with Crippen LogP contribution in [0.1, 0.15) is 25.0 Å². The molecule has 2 aromatic carbocycles. The highest BCUT2D eigenvalue weighted by Crippen LogP contribution is 2.35. The van der Waals surface area contributed by atoms with Gasteiger partial charge in [0.15, 0.2) is 23.0 Å². The Morgan fingerprint density at radius 1 is 0.927 bits per heavy atom. The van der Waals surface area contributed by atoms with Crippen LogP contribution in [0.25, 0.3) is 0 Å². The lowest BCUT2D eigenvalue weighted by Gasteiger charge is -2.18. The summed E-state index contributed by atoms with van der Waals surface area (Å²) in [5.41, 5.74) is 7.68. The van der Waals surface area contributed by atoms with Gasteiger partial charge in [-0.2, -0.15) is 0 Å². The molecule has 3 N–H and O–H groups in total. The highest BCUT2D eigenvalue weighted by Gasteiger charge is 2.37. The van der Waals surface area contributed by atoms with Gasteiger partial charge in [-0.05, 0) is 54.2 Å². The third-order valence-electron chi connectivity index (χ3n) is 6.97. The number of methoxy groups -OCH3 is 3. The van der Waals surface area contributed by atoms with E-state index in [4.69, 9.17) is 34.2 Å². The van der Waals surface area contributed by atoms with Crippen LogP contribution in [0.15, 0.2) is 36.4 Å². The molecule has 3 rings (SSSR count).